The summed E-state index contributed by atoms with van der Waals surface area (Å²) in [5, 5.41) is 0.670. The highest BCUT2D eigenvalue weighted by molar-refractivity contribution is 5.85. The minimum Gasteiger partial charge on any atom is -0.496 e. The van der Waals surface area contributed by atoms with Gasteiger partial charge in [0.25, 0.3) is 5.56 Å². The van der Waals surface area contributed by atoms with E-state index in [4.69, 9.17) is 9.72 Å². The van der Waals surface area contributed by atoms with Gasteiger partial charge in [-0.05, 0) is 73.5 Å². The maximum Gasteiger partial charge on any atom is 0.261 e. The van der Waals surface area contributed by atoms with E-state index in [2.05, 4.69) is 23.1 Å². The Balaban J connectivity index is 1.45. The third-order valence-electron chi connectivity index (χ3n) is 8.24. The lowest BCUT2D eigenvalue weighted by Gasteiger charge is -2.37. The molecule has 5 heteroatoms. The Bertz CT molecular complexity index is 1440. The Morgan fingerprint density at radius 3 is 2.49 bits per heavy atom. The van der Waals surface area contributed by atoms with Crippen LogP contribution in [0.5, 0.6) is 5.75 Å². The molecule has 0 bridgehead atoms. The highest BCUT2D eigenvalue weighted by Gasteiger charge is 2.29. The number of methoxy groups -OCH3 is 1. The first-order valence-corrected chi connectivity index (χ1v) is 13.7. The molecule has 0 unspecified atom stereocenters. The summed E-state index contributed by atoms with van der Waals surface area (Å²) in [6.45, 7) is 2.92. The second-order valence-corrected chi connectivity index (χ2v) is 10.6. The first kappa shape index (κ1) is 23.9. The summed E-state index contributed by atoms with van der Waals surface area (Å²) >= 11 is 0. The number of benzene rings is 3. The minimum absolute atomic E-state index is 0.0293. The second-order valence-electron chi connectivity index (χ2n) is 10.6. The van der Waals surface area contributed by atoms with Crippen molar-refractivity contribution >= 4 is 10.9 Å². The van der Waals surface area contributed by atoms with Crippen LogP contribution < -0.4 is 10.3 Å². The number of nitrogens with zero attached hydrogens (tertiary/aromatic N) is 3. The molecule has 1 aliphatic heterocycles. The van der Waals surface area contributed by atoms with E-state index >= 15 is 0 Å². The van der Waals surface area contributed by atoms with Crippen molar-refractivity contribution in [1.82, 2.24) is 14.5 Å². The zero-order valence-electron chi connectivity index (χ0n) is 21.6. The lowest BCUT2D eigenvalue weighted by atomic mass is 9.95. The molecule has 5 nitrogen and oxygen atoms in total. The van der Waals surface area contributed by atoms with Gasteiger partial charge in [0.05, 0.1) is 23.6 Å². The molecule has 4 aromatic rings. The standard InChI is InChI=1S/C32H35N3O2/c1-37-30-16-8-7-15-27(30)31-33-29-18-17-25(24-11-3-2-4-12-24)20-28(29)32(36)35(31)22-23-10-9-19-34(21-23)26-13-5-6-14-26/h2-4,7-8,11-12,15-18,20,23,26H,5-6,9-10,13-14,19,21-22H2,1H3/t23-/m1/s1. The molecule has 1 atom stereocenters. The third-order valence-corrected chi connectivity index (χ3v) is 8.24. The van der Waals surface area contributed by atoms with Gasteiger partial charge in [0.2, 0.25) is 0 Å². The zero-order chi connectivity index (χ0) is 25.2. The number of hydrogen-bond donors (Lipinski definition) is 0. The predicted octanol–water partition coefficient (Wildman–Crippen LogP) is 6.39. The van der Waals surface area contributed by atoms with Crippen LogP contribution in [0.3, 0.4) is 0 Å². The number of fused-ring (bicyclic) bond motifs is 1. The minimum atomic E-state index is 0.0293. The molecular formula is C32H35N3O2. The Labute approximate surface area is 218 Å². The van der Waals surface area contributed by atoms with Gasteiger partial charge in [-0.2, -0.15) is 0 Å². The fourth-order valence-corrected chi connectivity index (χ4v) is 6.34. The summed E-state index contributed by atoms with van der Waals surface area (Å²) in [6, 6.07) is 24.9. The Kier molecular flexibility index (Phi) is 6.79. The number of aromatic nitrogens is 2. The fourth-order valence-electron chi connectivity index (χ4n) is 6.34. The lowest BCUT2D eigenvalue weighted by molar-refractivity contribution is 0.116. The molecule has 0 spiro atoms. The molecule has 1 aromatic heterocycles. The summed E-state index contributed by atoms with van der Waals surface area (Å²) < 4.78 is 7.62. The van der Waals surface area contributed by atoms with Crippen LogP contribution in [0.1, 0.15) is 38.5 Å². The number of hydrogen-bond acceptors (Lipinski definition) is 4. The maximum atomic E-state index is 14.2. The van der Waals surface area contributed by atoms with Crippen molar-refractivity contribution in [2.75, 3.05) is 20.2 Å². The van der Waals surface area contributed by atoms with Crippen molar-refractivity contribution in [1.29, 1.82) is 0 Å². The molecule has 37 heavy (non-hydrogen) atoms. The van der Waals surface area contributed by atoms with Gasteiger partial charge < -0.3 is 9.64 Å². The van der Waals surface area contributed by atoms with Crippen LogP contribution in [0.25, 0.3) is 33.4 Å². The summed E-state index contributed by atoms with van der Waals surface area (Å²) in [7, 11) is 1.68. The van der Waals surface area contributed by atoms with Crippen LogP contribution >= 0.6 is 0 Å². The molecule has 0 N–H and O–H groups in total. The normalized spacial score (nSPS) is 18.9. The van der Waals surface area contributed by atoms with Crippen LogP contribution in [0.4, 0.5) is 0 Å². The van der Waals surface area contributed by atoms with Crippen LogP contribution in [-0.4, -0.2) is 40.7 Å². The Morgan fingerprint density at radius 2 is 1.68 bits per heavy atom. The first-order chi connectivity index (χ1) is 18.2. The van der Waals surface area contributed by atoms with Crippen LogP contribution in [0.2, 0.25) is 0 Å². The molecule has 2 aliphatic rings. The third kappa shape index (κ3) is 4.80. The summed E-state index contributed by atoms with van der Waals surface area (Å²) in [6.07, 6.45) is 7.67. The fraction of sp³-hybridized carbons (Fsp3) is 0.375. The topological polar surface area (TPSA) is 47.4 Å². The predicted molar refractivity (Wildman–Crippen MR) is 150 cm³/mol. The van der Waals surface area contributed by atoms with Gasteiger partial charge in [-0.1, -0.05) is 61.4 Å². The monoisotopic (exact) mass is 493 g/mol. The van der Waals surface area contributed by atoms with Gasteiger partial charge in [0.1, 0.15) is 11.6 Å². The number of rotatable bonds is 6. The van der Waals surface area contributed by atoms with E-state index in [1.807, 2.05) is 59.2 Å². The van der Waals surface area contributed by atoms with E-state index in [1.165, 1.54) is 38.6 Å². The summed E-state index contributed by atoms with van der Waals surface area (Å²) in [4.78, 5) is 22.0. The molecule has 1 aliphatic carbocycles. The van der Waals surface area contributed by atoms with Gasteiger partial charge in [-0.25, -0.2) is 4.98 Å². The van der Waals surface area contributed by atoms with E-state index in [-0.39, 0.29) is 5.56 Å². The van der Waals surface area contributed by atoms with Crippen molar-refractivity contribution < 1.29 is 4.74 Å². The maximum absolute atomic E-state index is 14.2. The van der Waals surface area contributed by atoms with Crippen molar-refractivity contribution in [3.63, 3.8) is 0 Å². The molecule has 1 saturated heterocycles. The Morgan fingerprint density at radius 1 is 0.892 bits per heavy atom. The number of piperidine rings is 1. The largest absolute Gasteiger partial charge is 0.496 e. The van der Waals surface area contributed by atoms with E-state index in [1.54, 1.807) is 7.11 Å². The second kappa shape index (κ2) is 10.5. The van der Waals surface area contributed by atoms with E-state index in [0.29, 0.717) is 23.7 Å². The van der Waals surface area contributed by atoms with Crippen LogP contribution in [0.15, 0.2) is 77.6 Å². The van der Waals surface area contributed by atoms with Crippen molar-refractivity contribution in [2.45, 2.75) is 51.1 Å². The Hall–Kier alpha value is -3.44. The van der Waals surface area contributed by atoms with E-state index in [0.717, 1.165) is 47.0 Å². The molecule has 2 heterocycles. The molecule has 2 fully saturated rings. The number of ether oxygens (including phenoxy) is 1. The average molecular weight is 494 g/mol. The lowest BCUT2D eigenvalue weighted by Crippen LogP contribution is -2.43. The van der Waals surface area contributed by atoms with Crippen molar-refractivity contribution in [3.05, 3.63) is 83.2 Å². The summed E-state index contributed by atoms with van der Waals surface area (Å²) in [5.74, 6) is 1.86. The molecule has 1 saturated carbocycles. The van der Waals surface area contributed by atoms with Crippen molar-refractivity contribution in [2.24, 2.45) is 5.92 Å². The highest BCUT2D eigenvalue weighted by atomic mass is 16.5. The average Bonchev–Trinajstić information content (AvgIpc) is 3.50. The first-order valence-electron chi connectivity index (χ1n) is 13.7. The SMILES string of the molecule is COc1ccccc1-c1nc2ccc(-c3ccccc3)cc2c(=O)n1C[C@@H]1CCCN(C2CCCC2)C1. The van der Waals surface area contributed by atoms with Gasteiger partial charge >= 0.3 is 0 Å². The zero-order valence-corrected chi connectivity index (χ0v) is 21.6. The number of likely N-dealkylation sites (tertiary alicyclic amines) is 1. The quantitative estimate of drug-likeness (QED) is 0.312. The van der Waals surface area contributed by atoms with Gasteiger partial charge in [-0.15, -0.1) is 0 Å². The number of para-hydroxylation sites is 1. The molecule has 190 valence electrons. The highest BCUT2D eigenvalue weighted by Crippen LogP contribution is 2.32. The summed E-state index contributed by atoms with van der Waals surface area (Å²) in [5.41, 5.74) is 3.75. The van der Waals surface area contributed by atoms with Gasteiger partial charge in [0.15, 0.2) is 0 Å². The smallest absolute Gasteiger partial charge is 0.261 e. The molecule has 0 amide bonds. The van der Waals surface area contributed by atoms with Crippen LogP contribution in [0, 0.1) is 5.92 Å². The van der Waals surface area contributed by atoms with E-state index in [9.17, 15) is 4.79 Å². The van der Waals surface area contributed by atoms with Crippen LogP contribution in [-0.2, 0) is 6.54 Å². The van der Waals surface area contributed by atoms with Gasteiger partial charge in [-0.3, -0.25) is 9.36 Å². The van der Waals surface area contributed by atoms with Crippen molar-refractivity contribution in [3.8, 4) is 28.3 Å². The molecule has 0 radical (unpaired) electrons. The molecular weight excluding hydrogens is 458 g/mol. The van der Waals surface area contributed by atoms with E-state index < -0.39 is 0 Å². The van der Waals surface area contributed by atoms with Gasteiger partial charge in [0, 0.05) is 19.1 Å². The molecule has 6 rings (SSSR count). The molecule has 3 aromatic carbocycles.